The number of carbonyl (C=O) groups is 2. The van der Waals surface area contributed by atoms with Gasteiger partial charge in [0.25, 0.3) is 0 Å². The Balaban J connectivity index is 1.64. The first-order valence-electron chi connectivity index (χ1n) is 9.23. The first-order valence-corrected chi connectivity index (χ1v) is 9.23. The van der Waals surface area contributed by atoms with Crippen molar-refractivity contribution in [1.29, 1.82) is 0 Å². The second-order valence-corrected chi connectivity index (χ2v) is 7.62. The molecule has 2 aromatic rings. The Morgan fingerprint density at radius 1 is 1.31 bits per heavy atom. The molecule has 29 heavy (non-hydrogen) atoms. The zero-order valence-corrected chi connectivity index (χ0v) is 16.6. The van der Waals surface area contributed by atoms with E-state index < -0.39 is 17.7 Å². The van der Waals surface area contributed by atoms with Crippen molar-refractivity contribution in [1.82, 2.24) is 19.7 Å². The van der Waals surface area contributed by atoms with Crippen molar-refractivity contribution in [3.8, 4) is 0 Å². The van der Waals surface area contributed by atoms with E-state index in [2.05, 4.69) is 15.4 Å². The quantitative estimate of drug-likeness (QED) is 0.839. The fraction of sp³-hybridized carbons (Fsp3) is 0.474. The fourth-order valence-corrected chi connectivity index (χ4v) is 2.78. The Hall–Kier alpha value is -3.01. The number of hydrogen-bond donors (Lipinski definition) is 1. The summed E-state index contributed by atoms with van der Waals surface area (Å²) in [7, 11) is 0. The molecule has 0 saturated carbocycles. The van der Waals surface area contributed by atoms with Gasteiger partial charge in [-0.15, -0.1) is 0 Å². The molecule has 156 valence electrons. The molecule has 3 rings (SSSR count). The van der Waals surface area contributed by atoms with Gasteiger partial charge < -0.3 is 14.8 Å². The highest BCUT2D eigenvalue weighted by Gasteiger charge is 2.34. The van der Waals surface area contributed by atoms with Crippen LogP contribution in [0.15, 0.2) is 30.6 Å². The number of ether oxygens (including phenoxy) is 2. The predicted molar refractivity (Wildman–Crippen MR) is 102 cm³/mol. The third-order valence-electron chi connectivity index (χ3n) is 4.04. The molecule has 0 spiro atoms. The number of hydrogen-bond acceptors (Lipinski definition) is 6. The summed E-state index contributed by atoms with van der Waals surface area (Å²) < 4.78 is 25.2. The highest BCUT2D eigenvalue weighted by Crippen LogP contribution is 2.23. The van der Waals surface area contributed by atoms with E-state index >= 15 is 0 Å². The topological polar surface area (TPSA) is 98.6 Å². The van der Waals surface area contributed by atoms with E-state index in [4.69, 9.17) is 9.47 Å². The van der Waals surface area contributed by atoms with Crippen LogP contribution in [0.3, 0.4) is 0 Å². The third kappa shape index (κ3) is 5.74. The fourth-order valence-electron chi connectivity index (χ4n) is 2.78. The van der Waals surface area contributed by atoms with Gasteiger partial charge in [-0.05, 0) is 45.0 Å². The van der Waals surface area contributed by atoms with Crippen molar-refractivity contribution < 1.29 is 23.5 Å². The van der Waals surface area contributed by atoms with Crippen LogP contribution in [0.2, 0.25) is 0 Å². The molecule has 10 heteroatoms. The summed E-state index contributed by atoms with van der Waals surface area (Å²) in [5.74, 6) is -0.352. The molecule has 1 aliphatic rings. The van der Waals surface area contributed by atoms with E-state index in [0.717, 1.165) is 0 Å². The van der Waals surface area contributed by atoms with Gasteiger partial charge in [-0.3, -0.25) is 9.69 Å². The van der Waals surface area contributed by atoms with Crippen molar-refractivity contribution in [2.75, 3.05) is 25.1 Å². The van der Waals surface area contributed by atoms with Crippen molar-refractivity contribution >= 4 is 17.7 Å². The number of anilines is 1. The van der Waals surface area contributed by atoms with Gasteiger partial charge >= 0.3 is 6.09 Å². The van der Waals surface area contributed by atoms with Crippen LogP contribution in [0, 0.1) is 5.82 Å². The third-order valence-corrected chi connectivity index (χ3v) is 4.04. The van der Waals surface area contributed by atoms with Crippen molar-refractivity contribution in [2.45, 2.75) is 39.0 Å². The van der Waals surface area contributed by atoms with Crippen molar-refractivity contribution in [3.05, 3.63) is 42.2 Å². The zero-order valence-electron chi connectivity index (χ0n) is 16.6. The second-order valence-electron chi connectivity index (χ2n) is 7.62. The first kappa shape index (κ1) is 20.7. The maximum atomic E-state index is 12.9. The molecule has 1 fully saturated rings. The number of nitrogens with zero attached hydrogens (tertiary/aromatic N) is 4. The molecule has 1 N–H and O–H groups in total. The average molecular weight is 405 g/mol. The summed E-state index contributed by atoms with van der Waals surface area (Å²) >= 11 is 0. The lowest BCUT2D eigenvalue weighted by Crippen LogP contribution is -2.46. The van der Waals surface area contributed by atoms with Gasteiger partial charge in [0, 0.05) is 12.2 Å². The number of carbonyl (C=O) groups excluding carboxylic acids is 2. The van der Waals surface area contributed by atoms with Crippen LogP contribution >= 0.6 is 0 Å². The Bertz CT molecular complexity index is 862. The summed E-state index contributed by atoms with van der Waals surface area (Å²) in [4.78, 5) is 30.5. The van der Waals surface area contributed by atoms with Crippen LogP contribution in [0.4, 0.5) is 14.9 Å². The molecule has 0 radical (unpaired) electrons. The Kier molecular flexibility index (Phi) is 6.12. The summed E-state index contributed by atoms with van der Waals surface area (Å²) in [5.41, 5.74) is -0.140. The number of morpholine rings is 1. The Morgan fingerprint density at radius 3 is 2.72 bits per heavy atom. The minimum atomic E-state index is -0.620. The van der Waals surface area contributed by atoms with Crippen molar-refractivity contribution in [2.24, 2.45) is 0 Å². The molecule has 2 heterocycles. The summed E-state index contributed by atoms with van der Waals surface area (Å²) in [6, 6.07) is 4.96. The predicted octanol–water partition coefficient (Wildman–Crippen LogP) is 2.36. The Morgan fingerprint density at radius 2 is 2.03 bits per heavy atom. The number of aromatic nitrogens is 3. The molecule has 1 atom stereocenters. The molecule has 1 aromatic heterocycles. The number of benzene rings is 1. The summed E-state index contributed by atoms with van der Waals surface area (Å²) in [5, 5.41) is 6.97. The zero-order chi connectivity index (χ0) is 21.0. The standard InChI is InChI=1S/C19H24FN5O4/c1-19(2,3)29-18(27)25-8-9-28-11-15(25)17-21-12-24(23-17)10-16(26)22-14-6-4-13(20)5-7-14/h4-7,12,15H,8-11H2,1-3H3,(H,22,26). The molecule has 1 aromatic carbocycles. The highest BCUT2D eigenvalue weighted by molar-refractivity contribution is 5.90. The normalized spacial score (nSPS) is 17.1. The van der Waals surface area contributed by atoms with Gasteiger partial charge in [-0.1, -0.05) is 0 Å². The number of rotatable bonds is 4. The van der Waals surface area contributed by atoms with E-state index in [9.17, 15) is 14.0 Å². The second kappa shape index (κ2) is 8.56. The summed E-state index contributed by atoms with van der Waals surface area (Å²) in [6.07, 6.45) is 0.956. The van der Waals surface area contributed by atoms with Gasteiger partial charge in [-0.2, -0.15) is 5.10 Å². The van der Waals surface area contributed by atoms with E-state index in [1.54, 1.807) is 20.8 Å². The van der Waals surface area contributed by atoms with Gasteiger partial charge in [0.15, 0.2) is 5.82 Å². The molecule has 9 nitrogen and oxygen atoms in total. The summed E-state index contributed by atoms with van der Waals surface area (Å²) in [6.45, 7) is 6.32. The van der Waals surface area contributed by atoms with Gasteiger partial charge in [-0.25, -0.2) is 18.9 Å². The lowest BCUT2D eigenvalue weighted by Gasteiger charge is -2.35. The van der Waals surface area contributed by atoms with E-state index in [1.807, 2.05) is 0 Å². The molecule has 2 amide bonds. The molecule has 1 saturated heterocycles. The SMILES string of the molecule is CC(C)(C)OC(=O)N1CCOCC1c1ncn(CC(=O)Nc2ccc(F)cc2)n1. The smallest absolute Gasteiger partial charge is 0.411 e. The molecule has 1 unspecified atom stereocenters. The van der Waals surface area contributed by atoms with Crippen LogP contribution in [-0.2, 0) is 20.8 Å². The van der Waals surface area contributed by atoms with Crippen LogP contribution < -0.4 is 5.32 Å². The number of nitrogens with one attached hydrogen (secondary N) is 1. The van der Waals surface area contributed by atoms with E-state index in [1.165, 1.54) is 40.2 Å². The lowest BCUT2D eigenvalue weighted by molar-refractivity contribution is -0.116. The Labute approximate surface area is 167 Å². The molecular formula is C19H24FN5O4. The maximum Gasteiger partial charge on any atom is 0.411 e. The van der Waals surface area contributed by atoms with Crippen LogP contribution in [0.1, 0.15) is 32.6 Å². The van der Waals surface area contributed by atoms with Gasteiger partial charge in [0.05, 0.1) is 13.2 Å². The average Bonchev–Trinajstić information content (AvgIpc) is 3.10. The first-order chi connectivity index (χ1) is 13.7. The van der Waals surface area contributed by atoms with E-state index in [0.29, 0.717) is 24.7 Å². The lowest BCUT2D eigenvalue weighted by atomic mass is 10.2. The largest absolute Gasteiger partial charge is 0.444 e. The van der Waals surface area contributed by atoms with Crippen molar-refractivity contribution in [3.63, 3.8) is 0 Å². The van der Waals surface area contributed by atoms with Crippen LogP contribution in [0.5, 0.6) is 0 Å². The molecule has 1 aliphatic heterocycles. The monoisotopic (exact) mass is 405 g/mol. The molecule has 0 bridgehead atoms. The maximum absolute atomic E-state index is 12.9. The van der Waals surface area contributed by atoms with Crippen LogP contribution in [0.25, 0.3) is 0 Å². The highest BCUT2D eigenvalue weighted by atomic mass is 19.1. The van der Waals surface area contributed by atoms with Crippen LogP contribution in [-0.4, -0.2) is 57.0 Å². The van der Waals surface area contributed by atoms with Gasteiger partial charge in [0.1, 0.15) is 30.3 Å². The molecule has 0 aliphatic carbocycles. The number of halogens is 1. The molecular weight excluding hydrogens is 381 g/mol. The number of amides is 2. The van der Waals surface area contributed by atoms with E-state index in [-0.39, 0.29) is 24.9 Å². The minimum Gasteiger partial charge on any atom is -0.444 e. The minimum absolute atomic E-state index is 0.0790. The van der Waals surface area contributed by atoms with Gasteiger partial charge in [0.2, 0.25) is 5.91 Å².